The van der Waals surface area contributed by atoms with Gasteiger partial charge in [0, 0.05) is 23.7 Å². The first-order valence-corrected chi connectivity index (χ1v) is 8.09. The highest BCUT2D eigenvalue weighted by atomic mass is 35.5. The minimum Gasteiger partial charge on any atom is -0.441 e. The lowest BCUT2D eigenvalue weighted by atomic mass is 9.98. The molecule has 2 heterocycles. The van der Waals surface area contributed by atoms with Crippen LogP contribution in [-0.4, -0.2) is 34.7 Å². The molecule has 0 spiro atoms. The first-order valence-electron chi connectivity index (χ1n) is 7.71. The van der Waals surface area contributed by atoms with Crippen LogP contribution >= 0.6 is 11.6 Å². The molecule has 0 atom stereocenters. The quantitative estimate of drug-likeness (QED) is 0.936. The van der Waals surface area contributed by atoms with Gasteiger partial charge in [0.2, 0.25) is 5.89 Å². The van der Waals surface area contributed by atoms with Crippen LogP contribution < -0.4 is 0 Å². The van der Waals surface area contributed by atoms with E-state index < -0.39 is 0 Å². The van der Waals surface area contributed by atoms with Gasteiger partial charge in [-0.05, 0) is 57.0 Å². The highest BCUT2D eigenvalue weighted by molar-refractivity contribution is 6.30. The smallest absolute Gasteiger partial charge is 0.226 e. The maximum atomic E-state index is 9.21. The Morgan fingerprint density at radius 1 is 1.36 bits per heavy atom. The fourth-order valence-corrected chi connectivity index (χ4v) is 3.05. The number of nitrogens with zero attached hydrogens (tertiary/aromatic N) is 2. The minimum absolute atomic E-state index is 0.301. The second kappa shape index (κ2) is 6.82. The van der Waals surface area contributed by atoms with Crippen molar-refractivity contribution in [2.24, 2.45) is 5.92 Å². The van der Waals surface area contributed by atoms with Crippen LogP contribution in [0.15, 0.2) is 28.7 Å². The molecule has 22 heavy (non-hydrogen) atoms. The summed E-state index contributed by atoms with van der Waals surface area (Å²) in [7, 11) is 0. The number of rotatable bonds is 4. The number of hydrogen-bond donors (Lipinski definition) is 1. The number of aryl methyl sites for hydroxylation is 1. The molecule has 2 aromatic rings. The van der Waals surface area contributed by atoms with Crippen LogP contribution in [0.25, 0.3) is 11.5 Å². The average Bonchev–Trinajstić information content (AvgIpc) is 2.89. The zero-order valence-corrected chi connectivity index (χ0v) is 13.5. The van der Waals surface area contributed by atoms with Crippen LogP contribution in [0.2, 0.25) is 5.02 Å². The van der Waals surface area contributed by atoms with E-state index in [9.17, 15) is 5.11 Å². The second-order valence-corrected chi connectivity index (χ2v) is 6.37. The first kappa shape index (κ1) is 15.5. The summed E-state index contributed by atoms with van der Waals surface area (Å²) in [5, 5.41) is 9.89. The number of oxazole rings is 1. The van der Waals surface area contributed by atoms with Gasteiger partial charge in [0.25, 0.3) is 0 Å². The summed E-state index contributed by atoms with van der Waals surface area (Å²) >= 11 is 6.03. The molecule has 0 amide bonds. The lowest BCUT2D eigenvalue weighted by Crippen LogP contribution is -2.34. The number of likely N-dealkylation sites (tertiary alicyclic amines) is 1. The second-order valence-electron chi connectivity index (χ2n) is 5.93. The third kappa shape index (κ3) is 3.51. The summed E-state index contributed by atoms with van der Waals surface area (Å²) in [6.45, 7) is 5.06. The van der Waals surface area contributed by atoms with Crippen molar-refractivity contribution in [1.29, 1.82) is 0 Å². The monoisotopic (exact) mass is 320 g/mol. The van der Waals surface area contributed by atoms with E-state index in [-0.39, 0.29) is 0 Å². The van der Waals surface area contributed by atoms with Crippen LogP contribution in [0, 0.1) is 12.8 Å². The molecule has 0 unspecified atom stereocenters. The van der Waals surface area contributed by atoms with Gasteiger partial charge in [0.05, 0.1) is 5.69 Å². The summed E-state index contributed by atoms with van der Waals surface area (Å²) in [6, 6.07) is 7.56. The summed E-state index contributed by atoms with van der Waals surface area (Å²) < 4.78 is 5.80. The van der Waals surface area contributed by atoms with Crippen molar-refractivity contribution in [1.82, 2.24) is 9.88 Å². The van der Waals surface area contributed by atoms with E-state index in [1.807, 2.05) is 31.2 Å². The van der Waals surface area contributed by atoms with Crippen molar-refractivity contribution >= 4 is 11.6 Å². The topological polar surface area (TPSA) is 49.5 Å². The number of halogens is 1. The fourth-order valence-electron chi connectivity index (χ4n) is 2.86. The Hall–Kier alpha value is -1.36. The Bertz CT molecular complexity index is 633. The zero-order chi connectivity index (χ0) is 15.5. The van der Waals surface area contributed by atoms with Gasteiger partial charge >= 0.3 is 0 Å². The normalized spacial score (nSPS) is 17.0. The number of aliphatic hydroxyl groups excluding tert-OH is 1. The predicted octanol–water partition coefficient (Wildman–Crippen LogP) is 3.51. The lowest BCUT2D eigenvalue weighted by molar-refractivity contribution is 0.126. The third-order valence-electron chi connectivity index (χ3n) is 4.30. The molecule has 5 heteroatoms. The number of benzene rings is 1. The van der Waals surface area contributed by atoms with Crippen molar-refractivity contribution < 1.29 is 9.52 Å². The van der Waals surface area contributed by atoms with Crippen molar-refractivity contribution in [3.05, 3.63) is 40.7 Å². The number of hydrogen-bond acceptors (Lipinski definition) is 4. The Balaban J connectivity index is 1.70. The molecule has 0 saturated carbocycles. The Morgan fingerprint density at radius 2 is 2.14 bits per heavy atom. The zero-order valence-electron chi connectivity index (χ0n) is 12.8. The summed E-state index contributed by atoms with van der Waals surface area (Å²) in [6.07, 6.45) is 2.10. The van der Waals surface area contributed by atoms with Gasteiger partial charge in [-0.25, -0.2) is 4.98 Å². The van der Waals surface area contributed by atoms with E-state index in [1.165, 1.54) is 0 Å². The molecule has 0 aliphatic carbocycles. The first-order chi connectivity index (χ1) is 10.7. The van der Waals surface area contributed by atoms with Gasteiger partial charge in [0.15, 0.2) is 0 Å². The van der Waals surface area contributed by atoms with E-state index >= 15 is 0 Å². The lowest BCUT2D eigenvalue weighted by Gasteiger charge is -2.30. The van der Waals surface area contributed by atoms with Gasteiger partial charge in [0.1, 0.15) is 5.76 Å². The summed E-state index contributed by atoms with van der Waals surface area (Å²) in [4.78, 5) is 7.01. The Labute approximate surface area is 135 Å². The van der Waals surface area contributed by atoms with E-state index in [1.54, 1.807) is 0 Å². The van der Waals surface area contributed by atoms with Crippen molar-refractivity contribution in [3.8, 4) is 11.5 Å². The molecule has 1 aromatic carbocycles. The highest BCUT2D eigenvalue weighted by Crippen LogP contribution is 2.26. The van der Waals surface area contributed by atoms with Crippen LogP contribution in [0.1, 0.15) is 24.3 Å². The van der Waals surface area contributed by atoms with E-state index in [4.69, 9.17) is 16.0 Å². The molecule has 1 N–H and O–H groups in total. The molecule has 0 radical (unpaired) electrons. The fraction of sp³-hybridized carbons (Fsp3) is 0.471. The number of aliphatic hydroxyl groups is 1. The molecule has 4 nitrogen and oxygen atoms in total. The van der Waals surface area contributed by atoms with E-state index in [0.29, 0.717) is 23.4 Å². The molecule has 1 aliphatic heterocycles. The summed E-state index contributed by atoms with van der Waals surface area (Å²) in [5.41, 5.74) is 1.89. The SMILES string of the molecule is Cc1oc(-c2cccc(Cl)c2)nc1CN1CCC(CO)CC1. The van der Waals surface area contributed by atoms with Crippen LogP contribution in [0.4, 0.5) is 0 Å². The number of piperidine rings is 1. The third-order valence-corrected chi connectivity index (χ3v) is 4.54. The molecule has 1 saturated heterocycles. The van der Waals surface area contributed by atoms with Crippen molar-refractivity contribution in [2.45, 2.75) is 26.3 Å². The van der Waals surface area contributed by atoms with Crippen LogP contribution in [0.3, 0.4) is 0 Å². The molecule has 0 bridgehead atoms. The van der Waals surface area contributed by atoms with Gasteiger partial charge < -0.3 is 9.52 Å². The molecule has 1 aromatic heterocycles. The van der Waals surface area contributed by atoms with Gasteiger partial charge in [-0.15, -0.1) is 0 Å². The molecular formula is C17H21ClN2O2. The van der Waals surface area contributed by atoms with Gasteiger partial charge in [-0.3, -0.25) is 4.90 Å². The van der Waals surface area contributed by atoms with E-state index in [2.05, 4.69) is 9.88 Å². The van der Waals surface area contributed by atoms with Gasteiger partial charge in [-0.2, -0.15) is 0 Å². The van der Waals surface area contributed by atoms with Crippen LogP contribution in [-0.2, 0) is 6.54 Å². The van der Waals surface area contributed by atoms with E-state index in [0.717, 1.165) is 49.5 Å². The standard InChI is InChI=1S/C17H21ClN2O2/c1-12-16(10-20-7-5-13(11-21)6-8-20)19-17(22-12)14-3-2-4-15(18)9-14/h2-4,9,13,21H,5-8,10-11H2,1H3. The van der Waals surface area contributed by atoms with Crippen molar-refractivity contribution in [2.75, 3.05) is 19.7 Å². The minimum atomic E-state index is 0.301. The highest BCUT2D eigenvalue weighted by Gasteiger charge is 2.21. The average molecular weight is 321 g/mol. The maximum absolute atomic E-state index is 9.21. The Morgan fingerprint density at radius 3 is 2.82 bits per heavy atom. The van der Waals surface area contributed by atoms with Gasteiger partial charge in [-0.1, -0.05) is 17.7 Å². The predicted molar refractivity (Wildman–Crippen MR) is 86.8 cm³/mol. The number of aromatic nitrogens is 1. The molecule has 118 valence electrons. The largest absolute Gasteiger partial charge is 0.441 e. The van der Waals surface area contributed by atoms with Crippen LogP contribution in [0.5, 0.6) is 0 Å². The molecular weight excluding hydrogens is 300 g/mol. The molecule has 3 rings (SSSR count). The molecule has 1 fully saturated rings. The Kier molecular flexibility index (Phi) is 4.81. The molecule has 1 aliphatic rings. The maximum Gasteiger partial charge on any atom is 0.226 e. The van der Waals surface area contributed by atoms with Crippen molar-refractivity contribution in [3.63, 3.8) is 0 Å². The summed E-state index contributed by atoms with van der Waals surface area (Å²) in [5.74, 6) is 1.94.